The maximum Gasteiger partial charge on any atom is 0.315 e. The Morgan fingerprint density at radius 2 is 1.69 bits per heavy atom. The highest BCUT2D eigenvalue weighted by atomic mass is 16.7. The number of hydrogen-bond donors (Lipinski definition) is 4. The summed E-state index contributed by atoms with van der Waals surface area (Å²) < 4.78 is 13.1. The fourth-order valence-corrected chi connectivity index (χ4v) is 5.10. The summed E-state index contributed by atoms with van der Waals surface area (Å²) in [7, 11) is 0. The van der Waals surface area contributed by atoms with E-state index in [4.69, 9.17) is 9.47 Å². The van der Waals surface area contributed by atoms with Gasteiger partial charge in [-0.15, -0.1) is 0 Å². The Morgan fingerprint density at radius 1 is 1.00 bits per heavy atom. The molecular formula is C28H39N3O5. The summed E-state index contributed by atoms with van der Waals surface area (Å²) in [5.74, 6) is 0.0988. The number of carbonyl (C=O) groups is 1. The number of nitrogens with zero attached hydrogens (tertiary/aromatic N) is 1. The van der Waals surface area contributed by atoms with Crippen molar-refractivity contribution in [2.24, 2.45) is 5.92 Å². The molecule has 8 heteroatoms. The molecule has 0 aromatic heterocycles. The van der Waals surface area contributed by atoms with E-state index in [1.54, 1.807) is 0 Å². The van der Waals surface area contributed by atoms with Crippen LogP contribution in [0.2, 0.25) is 0 Å². The first-order valence-electron chi connectivity index (χ1n) is 13.0. The molecule has 2 aliphatic rings. The van der Waals surface area contributed by atoms with E-state index in [9.17, 15) is 15.0 Å². The van der Waals surface area contributed by atoms with Gasteiger partial charge >= 0.3 is 6.03 Å². The minimum Gasteiger partial charge on any atom is -0.395 e. The van der Waals surface area contributed by atoms with Crippen LogP contribution in [0.15, 0.2) is 48.5 Å². The lowest BCUT2D eigenvalue weighted by molar-refractivity contribution is -0.276. The number of likely N-dealkylation sites (tertiary alicyclic amines) is 1. The van der Waals surface area contributed by atoms with Gasteiger partial charge in [-0.1, -0.05) is 55.5 Å². The van der Waals surface area contributed by atoms with Crippen molar-refractivity contribution in [2.75, 3.05) is 26.2 Å². The molecule has 5 atom stereocenters. The van der Waals surface area contributed by atoms with E-state index in [2.05, 4.69) is 22.5 Å². The summed E-state index contributed by atoms with van der Waals surface area (Å²) >= 11 is 0. The zero-order chi connectivity index (χ0) is 25.5. The molecule has 2 aliphatic heterocycles. The summed E-state index contributed by atoms with van der Waals surface area (Å²) in [5.41, 5.74) is 3.84. The predicted octanol–water partition coefficient (Wildman–Crippen LogP) is 3.25. The van der Waals surface area contributed by atoms with Crippen molar-refractivity contribution in [1.82, 2.24) is 15.5 Å². The van der Waals surface area contributed by atoms with E-state index in [1.165, 1.54) is 0 Å². The number of amides is 2. The van der Waals surface area contributed by atoms with Crippen LogP contribution in [0.4, 0.5) is 4.79 Å². The molecule has 2 amide bonds. The molecule has 8 nitrogen and oxygen atoms in total. The third kappa shape index (κ3) is 6.44. The quantitative estimate of drug-likeness (QED) is 0.424. The van der Waals surface area contributed by atoms with Gasteiger partial charge in [0.2, 0.25) is 0 Å². The van der Waals surface area contributed by atoms with Crippen molar-refractivity contribution in [1.29, 1.82) is 0 Å². The average molecular weight is 498 g/mol. The smallest absolute Gasteiger partial charge is 0.315 e. The molecule has 196 valence electrons. The lowest BCUT2D eigenvalue weighted by Gasteiger charge is -2.43. The van der Waals surface area contributed by atoms with Gasteiger partial charge in [0, 0.05) is 37.2 Å². The molecule has 2 fully saturated rings. The number of benzene rings is 2. The number of aliphatic hydroxyl groups is 2. The van der Waals surface area contributed by atoms with Crippen LogP contribution in [0.5, 0.6) is 0 Å². The third-order valence-electron chi connectivity index (χ3n) is 7.29. The van der Waals surface area contributed by atoms with Crippen LogP contribution < -0.4 is 10.6 Å². The summed E-state index contributed by atoms with van der Waals surface area (Å²) in [6, 6.07) is 15.9. The van der Waals surface area contributed by atoms with Crippen molar-refractivity contribution in [3.63, 3.8) is 0 Å². The highest BCUT2D eigenvalue weighted by molar-refractivity contribution is 5.73. The summed E-state index contributed by atoms with van der Waals surface area (Å²) in [4.78, 5) is 14.0. The Bertz CT molecular complexity index is 968. The highest BCUT2D eigenvalue weighted by Gasteiger charge is 2.40. The maximum absolute atomic E-state index is 11.7. The number of nitrogens with one attached hydrogen (secondary N) is 2. The molecule has 2 aromatic rings. The molecule has 0 unspecified atom stereocenters. The van der Waals surface area contributed by atoms with Gasteiger partial charge < -0.3 is 30.3 Å². The number of aliphatic hydroxyl groups excluding tert-OH is 2. The van der Waals surface area contributed by atoms with E-state index < -0.39 is 6.29 Å². The van der Waals surface area contributed by atoms with Crippen LogP contribution in [0.3, 0.4) is 0 Å². The van der Waals surface area contributed by atoms with E-state index in [-0.39, 0.29) is 43.4 Å². The van der Waals surface area contributed by atoms with E-state index >= 15 is 0 Å². The van der Waals surface area contributed by atoms with Gasteiger partial charge in [-0.05, 0) is 43.0 Å². The molecule has 0 saturated carbocycles. The van der Waals surface area contributed by atoms with Crippen LogP contribution in [-0.4, -0.2) is 59.5 Å². The molecule has 2 aromatic carbocycles. The fraction of sp³-hybridized carbons (Fsp3) is 0.536. The maximum atomic E-state index is 11.7. The Morgan fingerprint density at radius 3 is 2.36 bits per heavy atom. The number of carbonyl (C=O) groups excluding carboxylic acids is 1. The number of rotatable bonds is 9. The van der Waals surface area contributed by atoms with Crippen LogP contribution in [0.25, 0.3) is 0 Å². The predicted molar refractivity (Wildman–Crippen MR) is 137 cm³/mol. The van der Waals surface area contributed by atoms with Crippen LogP contribution in [0, 0.1) is 5.92 Å². The molecular weight excluding hydrogens is 458 g/mol. The first kappa shape index (κ1) is 26.6. The van der Waals surface area contributed by atoms with Gasteiger partial charge in [-0.2, -0.15) is 0 Å². The van der Waals surface area contributed by atoms with Crippen molar-refractivity contribution in [2.45, 2.75) is 64.4 Å². The minimum atomic E-state index is -0.533. The summed E-state index contributed by atoms with van der Waals surface area (Å²) in [6.45, 7) is 6.95. The molecule has 0 bridgehead atoms. The van der Waals surface area contributed by atoms with Crippen LogP contribution in [0.1, 0.15) is 61.3 Å². The molecule has 36 heavy (non-hydrogen) atoms. The second-order valence-electron chi connectivity index (χ2n) is 9.75. The summed E-state index contributed by atoms with van der Waals surface area (Å²) in [5, 5.41) is 24.8. The lowest BCUT2D eigenvalue weighted by atomic mass is 9.90. The van der Waals surface area contributed by atoms with Gasteiger partial charge in [0.15, 0.2) is 6.29 Å². The minimum absolute atomic E-state index is 0.00847. The first-order valence-corrected chi connectivity index (χ1v) is 13.0. The topological polar surface area (TPSA) is 103 Å². The lowest BCUT2D eigenvalue weighted by Crippen LogP contribution is -2.46. The highest BCUT2D eigenvalue weighted by Crippen LogP contribution is 2.42. The van der Waals surface area contributed by atoms with Crippen LogP contribution >= 0.6 is 0 Å². The first-order chi connectivity index (χ1) is 17.5. The zero-order valence-electron chi connectivity index (χ0n) is 21.2. The van der Waals surface area contributed by atoms with Crippen LogP contribution in [-0.2, 0) is 22.6 Å². The van der Waals surface area contributed by atoms with Gasteiger partial charge in [0.25, 0.3) is 0 Å². The largest absolute Gasteiger partial charge is 0.395 e. The summed E-state index contributed by atoms with van der Waals surface area (Å²) in [6.07, 6.45) is 1.32. The van der Waals surface area contributed by atoms with Gasteiger partial charge in [0.05, 0.1) is 25.4 Å². The second kappa shape index (κ2) is 12.7. The SMILES string of the molecule is CCNC(=O)NCc1ccc([C@@H]2O[C@H](CN3CCC[C@H]3CO)[C@H](C)[C@H](c3ccc(CO)cc3)O2)cc1. The van der Waals surface area contributed by atoms with E-state index in [0.29, 0.717) is 13.1 Å². The Kier molecular flexibility index (Phi) is 9.34. The standard InChI is InChI=1S/C28H39N3O5/c1-3-29-28(34)30-15-20-6-12-23(13-7-20)27-35-25(16-31-14-4-5-24(31)18-33)19(2)26(36-27)22-10-8-21(17-32)9-11-22/h6-13,19,24-27,32-33H,3-5,14-18H2,1-2H3,(H2,29,30,34)/t19-,24-,25+,26+,27+/m0/s1. The molecule has 0 spiro atoms. The Labute approximate surface area is 213 Å². The molecule has 4 rings (SSSR count). The van der Waals surface area contributed by atoms with Crippen molar-refractivity contribution >= 4 is 6.03 Å². The number of ether oxygens (including phenoxy) is 2. The van der Waals surface area contributed by atoms with E-state index in [0.717, 1.165) is 48.2 Å². The molecule has 0 radical (unpaired) electrons. The average Bonchev–Trinajstić information content (AvgIpc) is 3.36. The fourth-order valence-electron chi connectivity index (χ4n) is 5.10. The third-order valence-corrected chi connectivity index (χ3v) is 7.29. The monoisotopic (exact) mass is 497 g/mol. The van der Waals surface area contributed by atoms with Gasteiger partial charge in [-0.3, -0.25) is 4.90 Å². The van der Waals surface area contributed by atoms with Crippen molar-refractivity contribution in [3.8, 4) is 0 Å². The Balaban J connectivity index is 1.52. The number of hydrogen-bond acceptors (Lipinski definition) is 6. The second-order valence-corrected chi connectivity index (χ2v) is 9.75. The van der Waals surface area contributed by atoms with Gasteiger partial charge in [0.1, 0.15) is 0 Å². The molecule has 4 N–H and O–H groups in total. The Hall–Kier alpha value is -2.49. The van der Waals surface area contributed by atoms with Crippen molar-refractivity contribution < 1.29 is 24.5 Å². The van der Waals surface area contributed by atoms with Crippen molar-refractivity contribution in [3.05, 3.63) is 70.8 Å². The molecule has 2 saturated heterocycles. The molecule has 2 heterocycles. The number of urea groups is 1. The van der Waals surface area contributed by atoms with Gasteiger partial charge in [-0.25, -0.2) is 4.79 Å². The van der Waals surface area contributed by atoms with E-state index in [1.807, 2.05) is 55.5 Å². The zero-order valence-corrected chi connectivity index (χ0v) is 21.2. The molecule has 0 aliphatic carbocycles. The normalized spacial score (nSPS) is 26.6.